The van der Waals surface area contributed by atoms with Gasteiger partial charge in [-0.1, -0.05) is 0 Å². The summed E-state index contributed by atoms with van der Waals surface area (Å²) in [6.07, 6.45) is -4.37. The van der Waals surface area contributed by atoms with Crippen molar-refractivity contribution in [2.45, 2.75) is 6.18 Å². The Kier molecular flexibility index (Phi) is 3.08. The van der Waals surface area contributed by atoms with Crippen LogP contribution in [0.3, 0.4) is 0 Å². The van der Waals surface area contributed by atoms with Crippen LogP contribution in [0, 0.1) is 0 Å². The number of nitrogens with zero attached hydrogens (tertiary/aromatic N) is 1. The molecule has 0 saturated carbocycles. The second kappa shape index (κ2) is 4.80. The number of methoxy groups -OCH3 is 1. The Morgan fingerprint density at radius 3 is 2.38 bits per heavy atom. The van der Waals surface area contributed by atoms with Crippen LogP contribution in [0.25, 0.3) is 22.4 Å². The predicted octanol–water partition coefficient (Wildman–Crippen LogP) is 4.26. The molecule has 3 aromatic rings. The number of aromatic amines is 1. The third-order valence-electron chi connectivity index (χ3n) is 3.17. The second-order valence-corrected chi connectivity index (χ2v) is 4.54. The van der Waals surface area contributed by atoms with Crippen molar-refractivity contribution in [1.82, 2.24) is 9.97 Å². The fraction of sp³-hybridized carbons (Fsp3) is 0.133. The Morgan fingerprint density at radius 2 is 1.76 bits per heavy atom. The minimum absolute atomic E-state index is 0.288. The number of aromatic nitrogens is 2. The molecule has 3 rings (SSSR count). The molecule has 0 radical (unpaired) electrons. The van der Waals surface area contributed by atoms with Crippen molar-refractivity contribution in [3.8, 4) is 17.1 Å². The number of fused-ring (bicyclic) bond motifs is 1. The van der Waals surface area contributed by atoms with Gasteiger partial charge in [-0.3, -0.25) is 0 Å². The van der Waals surface area contributed by atoms with E-state index in [1.807, 2.05) is 0 Å². The molecule has 0 spiro atoms. The summed E-state index contributed by atoms with van der Waals surface area (Å²) < 4.78 is 43.1. The van der Waals surface area contributed by atoms with E-state index in [1.54, 1.807) is 31.4 Å². The topological polar surface area (TPSA) is 37.9 Å². The molecule has 0 bridgehead atoms. The quantitative estimate of drug-likeness (QED) is 0.766. The Morgan fingerprint density at radius 1 is 1.05 bits per heavy atom. The highest BCUT2D eigenvalue weighted by molar-refractivity contribution is 5.80. The van der Waals surface area contributed by atoms with Crippen molar-refractivity contribution >= 4 is 11.0 Å². The molecular formula is C15H11F3N2O. The molecule has 0 amide bonds. The Labute approximate surface area is 118 Å². The van der Waals surface area contributed by atoms with Gasteiger partial charge in [0.1, 0.15) is 11.6 Å². The van der Waals surface area contributed by atoms with Crippen LogP contribution in [0.2, 0.25) is 0 Å². The van der Waals surface area contributed by atoms with Gasteiger partial charge in [0.2, 0.25) is 0 Å². The van der Waals surface area contributed by atoms with Crippen LogP contribution < -0.4 is 4.74 Å². The van der Waals surface area contributed by atoms with Crippen LogP contribution in [-0.2, 0) is 6.18 Å². The summed E-state index contributed by atoms with van der Waals surface area (Å²) in [6.45, 7) is 0. The van der Waals surface area contributed by atoms with E-state index in [4.69, 9.17) is 4.74 Å². The van der Waals surface area contributed by atoms with Crippen molar-refractivity contribution in [3.63, 3.8) is 0 Å². The first-order chi connectivity index (χ1) is 9.97. The zero-order valence-corrected chi connectivity index (χ0v) is 11.0. The van der Waals surface area contributed by atoms with Gasteiger partial charge >= 0.3 is 6.18 Å². The van der Waals surface area contributed by atoms with Crippen molar-refractivity contribution < 1.29 is 17.9 Å². The zero-order valence-electron chi connectivity index (χ0n) is 11.0. The van der Waals surface area contributed by atoms with Gasteiger partial charge in [0.25, 0.3) is 0 Å². The molecule has 0 saturated heterocycles. The summed E-state index contributed by atoms with van der Waals surface area (Å²) in [6, 6.07) is 10.6. The lowest BCUT2D eigenvalue weighted by Gasteiger charge is -2.04. The number of rotatable bonds is 2. The molecule has 0 unspecified atom stereocenters. The summed E-state index contributed by atoms with van der Waals surface area (Å²) >= 11 is 0. The molecule has 0 aliphatic heterocycles. The Bertz CT molecular complexity index is 776. The summed E-state index contributed by atoms with van der Waals surface area (Å²) in [5, 5.41) is 0. The number of benzene rings is 2. The number of alkyl halides is 3. The van der Waals surface area contributed by atoms with E-state index in [2.05, 4.69) is 9.97 Å². The number of hydrogen-bond acceptors (Lipinski definition) is 2. The third kappa shape index (κ3) is 2.56. The molecule has 0 fully saturated rings. The number of nitrogens with one attached hydrogen (secondary N) is 1. The molecule has 6 heteroatoms. The van der Waals surface area contributed by atoms with Crippen molar-refractivity contribution in [2.75, 3.05) is 7.11 Å². The van der Waals surface area contributed by atoms with E-state index in [9.17, 15) is 13.2 Å². The molecule has 0 aliphatic carbocycles. The summed E-state index contributed by atoms with van der Waals surface area (Å²) in [5.74, 6) is 1.22. The van der Waals surface area contributed by atoms with E-state index in [1.165, 1.54) is 6.07 Å². The maximum Gasteiger partial charge on any atom is 0.416 e. The van der Waals surface area contributed by atoms with Gasteiger partial charge in [0.05, 0.1) is 23.7 Å². The predicted molar refractivity (Wildman–Crippen MR) is 73.1 cm³/mol. The van der Waals surface area contributed by atoms with Crippen LogP contribution in [0.4, 0.5) is 13.2 Å². The van der Waals surface area contributed by atoms with Crippen molar-refractivity contribution in [2.24, 2.45) is 0 Å². The molecule has 0 aliphatic rings. The normalized spacial score (nSPS) is 11.8. The van der Waals surface area contributed by atoms with Gasteiger partial charge in [0, 0.05) is 5.56 Å². The van der Waals surface area contributed by atoms with Crippen molar-refractivity contribution in [1.29, 1.82) is 0 Å². The van der Waals surface area contributed by atoms with Gasteiger partial charge in [-0.25, -0.2) is 4.98 Å². The van der Waals surface area contributed by atoms with E-state index >= 15 is 0 Å². The molecule has 21 heavy (non-hydrogen) atoms. The van der Waals surface area contributed by atoms with Crippen LogP contribution in [-0.4, -0.2) is 17.1 Å². The smallest absolute Gasteiger partial charge is 0.416 e. The first-order valence-electron chi connectivity index (χ1n) is 6.19. The second-order valence-electron chi connectivity index (χ2n) is 4.54. The Balaban J connectivity index is 2.04. The molecule has 0 atom stereocenters. The van der Waals surface area contributed by atoms with Crippen LogP contribution in [0.15, 0.2) is 42.5 Å². The molecule has 1 aromatic heterocycles. The maximum atomic E-state index is 12.7. The highest BCUT2D eigenvalue weighted by Gasteiger charge is 2.30. The number of halogens is 3. The van der Waals surface area contributed by atoms with Crippen LogP contribution >= 0.6 is 0 Å². The molecule has 108 valence electrons. The monoisotopic (exact) mass is 292 g/mol. The lowest BCUT2D eigenvalue weighted by atomic mass is 10.2. The third-order valence-corrected chi connectivity index (χ3v) is 3.17. The molecular weight excluding hydrogens is 281 g/mol. The summed E-state index contributed by atoms with van der Waals surface area (Å²) in [4.78, 5) is 7.22. The zero-order chi connectivity index (χ0) is 15.0. The lowest BCUT2D eigenvalue weighted by Crippen LogP contribution is -2.04. The van der Waals surface area contributed by atoms with Gasteiger partial charge in [-0.15, -0.1) is 0 Å². The van der Waals surface area contributed by atoms with Crippen molar-refractivity contribution in [3.05, 3.63) is 48.0 Å². The fourth-order valence-electron chi connectivity index (χ4n) is 2.07. The van der Waals surface area contributed by atoms with Gasteiger partial charge in [-0.05, 0) is 42.5 Å². The Hall–Kier alpha value is -2.50. The molecule has 1 heterocycles. The highest BCUT2D eigenvalue weighted by Crippen LogP contribution is 2.31. The van der Waals surface area contributed by atoms with Gasteiger partial charge in [0.15, 0.2) is 0 Å². The first-order valence-corrected chi connectivity index (χ1v) is 6.19. The number of H-pyrrole nitrogens is 1. The average molecular weight is 292 g/mol. The van der Waals surface area contributed by atoms with E-state index < -0.39 is 11.7 Å². The standard InChI is InChI=1S/C15H11F3N2O/c1-21-11-5-2-9(3-6-11)14-19-12-7-4-10(15(16,17)18)8-13(12)20-14/h2-8H,1H3,(H,19,20). The number of hydrogen-bond donors (Lipinski definition) is 1. The SMILES string of the molecule is COc1ccc(-c2nc3cc(C(F)(F)F)ccc3[nH]2)cc1. The van der Waals surface area contributed by atoms with E-state index in [-0.39, 0.29) is 5.52 Å². The molecule has 3 nitrogen and oxygen atoms in total. The molecule has 1 N–H and O–H groups in total. The van der Waals surface area contributed by atoms with E-state index in [0.29, 0.717) is 17.1 Å². The first kappa shape index (κ1) is 13.5. The summed E-state index contributed by atoms with van der Waals surface area (Å²) in [7, 11) is 1.56. The fourth-order valence-corrected chi connectivity index (χ4v) is 2.07. The average Bonchev–Trinajstić information content (AvgIpc) is 2.89. The molecule has 2 aromatic carbocycles. The van der Waals surface area contributed by atoms with Gasteiger partial charge in [-0.2, -0.15) is 13.2 Å². The van der Waals surface area contributed by atoms with E-state index in [0.717, 1.165) is 17.7 Å². The minimum atomic E-state index is -4.37. The minimum Gasteiger partial charge on any atom is -0.497 e. The largest absolute Gasteiger partial charge is 0.497 e. The number of imidazole rings is 1. The van der Waals surface area contributed by atoms with Crippen LogP contribution in [0.1, 0.15) is 5.56 Å². The summed E-state index contributed by atoms with van der Waals surface area (Å²) in [5.41, 5.74) is 0.924. The van der Waals surface area contributed by atoms with Crippen LogP contribution in [0.5, 0.6) is 5.75 Å². The van der Waals surface area contributed by atoms with Gasteiger partial charge < -0.3 is 9.72 Å². The number of ether oxygens (including phenoxy) is 1. The highest BCUT2D eigenvalue weighted by atomic mass is 19.4. The maximum absolute atomic E-state index is 12.7. The lowest BCUT2D eigenvalue weighted by molar-refractivity contribution is -0.137.